The highest BCUT2D eigenvalue weighted by molar-refractivity contribution is 7.20. The number of hydrogen-bond donors (Lipinski definition) is 3. The number of hydrogen-bond acceptors (Lipinski definition) is 5. The zero-order valence-corrected chi connectivity index (χ0v) is 12.3. The first kappa shape index (κ1) is 14.5. The molecule has 1 aliphatic rings. The molecule has 7 heteroatoms. The van der Waals surface area contributed by atoms with Crippen LogP contribution in [0.4, 0.5) is 0 Å². The summed E-state index contributed by atoms with van der Waals surface area (Å²) >= 11 is 0.952. The van der Waals surface area contributed by atoms with Crippen LogP contribution in [-0.2, 0) is 4.79 Å². The van der Waals surface area contributed by atoms with Crippen LogP contribution in [0.1, 0.15) is 34.7 Å². The van der Waals surface area contributed by atoms with E-state index < -0.39 is 34.5 Å². The van der Waals surface area contributed by atoms with Crippen LogP contribution in [0.15, 0.2) is 23.0 Å². The first-order valence-electron chi connectivity index (χ1n) is 6.77. The standard InChI is InChI=1S/C15H13NO5S/c17-11(18)6-16-14(20)12-13(19)9-4-3-8(7-1-2-7)5-10(9)22-15(12)21/h3-5,7,21H,1-2,6H2,(H,16,20)(H,17,18). The molecule has 0 bridgehead atoms. The minimum atomic E-state index is -1.22. The van der Waals surface area contributed by atoms with E-state index in [0.29, 0.717) is 16.0 Å². The molecule has 1 fully saturated rings. The molecule has 1 amide bonds. The molecule has 0 saturated heterocycles. The van der Waals surface area contributed by atoms with Crippen LogP contribution in [0.25, 0.3) is 10.1 Å². The summed E-state index contributed by atoms with van der Waals surface area (Å²) in [5.41, 5.74) is 0.139. The summed E-state index contributed by atoms with van der Waals surface area (Å²) in [7, 11) is 0. The zero-order chi connectivity index (χ0) is 15.9. The van der Waals surface area contributed by atoms with E-state index >= 15 is 0 Å². The Morgan fingerprint density at radius 1 is 1.32 bits per heavy atom. The smallest absolute Gasteiger partial charge is 0.322 e. The van der Waals surface area contributed by atoms with Crippen LogP contribution in [0.2, 0.25) is 0 Å². The van der Waals surface area contributed by atoms with Gasteiger partial charge in [0.1, 0.15) is 12.1 Å². The maximum absolute atomic E-state index is 12.4. The molecule has 0 unspecified atom stereocenters. The Kier molecular flexibility index (Phi) is 3.58. The van der Waals surface area contributed by atoms with E-state index in [1.807, 2.05) is 12.1 Å². The second kappa shape index (κ2) is 5.42. The molecule has 1 saturated carbocycles. The van der Waals surface area contributed by atoms with Gasteiger partial charge in [-0.1, -0.05) is 17.4 Å². The van der Waals surface area contributed by atoms with Gasteiger partial charge in [0, 0.05) is 10.1 Å². The molecule has 1 aromatic carbocycles. The van der Waals surface area contributed by atoms with Gasteiger partial charge in [-0.25, -0.2) is 0 Å². The van der Waals surface area contributed by atoms with Crippen LogP contribution in [0.3, 0.4) is 0 Å². The lowest BCUT2D eigenvalue weighted by molar-refractivity contribution is -0.135. The molecule has 0 spiro atoms. The molecule has 1 aromatic heterocycles. The number of carboxylic acids is 1. The molecule has 22 heavy (non-hydrogen) atoms. The average Bonchev–Trinajstić information content (AvgIpc) is 3.29. The summed E-state index contributed by atoms with van der Waals surface area (Å²) in [6, 6.07) is 5.40. The molecule has 1 aliphatic carbocycles. The summed E-state index contributed by atoms with van der Waals surface area (Å²) in [4.78, 5) is 34.7. The van der Waals surface area contributed by atoms with E-state index in [9.17, 15) is 19.5 Å². The Morgan fingerprint density at radius 3 is 2.68 bits per heavy atom. The number of carbonyl (C=O) groups excluding carboxylic acids is 1. The van der Waals surface area contributed by atoms with E-state index in [-0.39, 0.29) is 0 Å². The van der Waals surface area contributed by atoms with Crippen LogP contribution < -0.4 is 10.7 Å². The third-order valence-corrected chi connectivity index (χ3v) is 4.53. The van der Waals surface area contributed by atoms with Gasteiger partial charge >= 0.3 is 5.97 Å². The van der Waals surface area contributed by atoms with Crippen LogP contribution >= 0.6 is 11.3 Å². The SMILES string of the molecule is O=C(O)CNC(=O)c1c(O)sc2cc(C3CC3)ccc2c1=O. The van der Waals surface area contributed by atoms with Crippen molar-refractivity contribution >= 4 is 33.3 Å². The fraction of sp³-hybridized carbons (Fsp3) is 0.267. The minimum Gasteiger partial charge on any atom is -0.499 e. The molecule has 3 N–H and O–H groups in total. The summed E-state index contributed by atoms with van der Waals surface area (Å²) in [5.74, 6) is -1.58. The van der Waals surface area contributed by atoms with Crippen molar-refractivity contribution in [3.8, 4) is 5.06 Å². The van der Waals surface area contributed by atoms with Gasteiger partial charge in [0.2, 0.25) is 5.43 Å². The van der Waals surface area contributed by atoms with Gasteiger partial charge in [-0.2, -0.15) is 0 Å². The highest BCUT2D eigenvalue weighted by Crippen LogP contribution is 2.41. The van der Waals surface area contributed by atoms with Crippen molar-refractivity contribution in [3.63, 3.8) is 0 Å². The van der Waals surface area contributed by atoms with E-state index in [2.05, 4.69) is 5.32 Å². The second-order valence-corrected chi connectivity index (χ2v) is 6.25. The van der Waals surface area contributed by atoms with Gasteiger partial charge in [-0.3, -0.25) is 14.4 Å². The molecular formula is C15H13NO5S. The summed E-state index contributed by atoms with van der Waals surface area (Å²) in [6.07, 6.45) is 2.25. The predicted octanol–water partition coefficient (Wildman–Crippen LogP) is 1.66. The predicted molar refractivity (Wildman–Crippen MR) is 81.7 cm³/mol. The van der Waals surface area contributed by atoms with Crippen molar-refractivity contribution in [3.05, 3.63) is 39.5 Å². The van der Waals surface area contributed by atoms with E-state index in [1.54, 1.807) is 6.07 Å². The average molecular weight is 319 g/mol. The van der Waals surface area contributed by atoms with Crippen LogP contribution in [0.5, 0.6) is 5.06 Å². The van der Waals surface area contributed by atoms with Gasteiger partial charge in [-0.15, -0.1) is 0 Å². The number of rotatable bonds is 4. The topological polar surface area (TPSA) is 104 Å². The lowest BCUT2D eigenvalue weighted by atomic mass is 10.1. The number of carbonyl (C=O) groups is 2. The monoisotopic (exact) mass is 319 g/mol. The summed E-state index contributed by atoms with van der Waals surface area (Å²) < 4.78 is 0.627. The minimum absolute atomic E-state index is 0.354. The Labute approximate surface area is 129 Å². The summed E-state index contributed by atoms with van der Waals surface area (Å²) in [5, 5.41) is 20.6. The molecular weight excluding hydrogens is 306 g/mol. The largest absolute Gasteiger partial charge is 0.499 e. The first-order chi connectivity index (χ1) is 10.5. The van der Waals surface area contributed by atoms with Gasteiger partial charge < -0.3 is 15.5 Å². The van der Waals surface area contributed by atoms with E-state index in [4.69, 9.17) is 5.11 Å². The number of amides is 1. The van der Waals surface area contributed by atoms with Gasteiger partial charge in [0.15, 0.2) is 5.06 Å². The van der Waals surface area contributed by atoms with Crippen molar-refractivity contribution in [1.82, 2.24) is 5.32 Å². The Morgan fingerprint density at radius 2 is 2.05 bits per heavy atom. The first-order valence-corrected chi connectivity index (χ1v) is 7.58. The molecule has 0 radical (unpaired) electrons. The normalized spacial score (nSPS) is 14.0. The lowest BCUT2D eigenvalue weighted by Gasteiger charge is -2.07. The van der Waals surface area contributed by atoms with Crippen LogP contribution in [-0.4, -0.2) is 28.6 Å². The summed E-state index contributed by atoms with van der Waals surface area (Å²) in [6.45, 7) is -0.610. The molecule has 3 rings (SSSR count). The maximum atomic E-state index is 12.4. The van der Waals surface area contributed by atoms with E-state index in [1.165, 1.54) is 0 Å². The Balaban J connectivity index is 2.04. The zero-order valence-electron chi connectivity index (χ0n) is 11.5. The number of benzene rings is 1. The van der Waals surface area contributed by atoms with Crippen LogP contribution in [0, 0.1) is 0 Å². The van der Waals surface area contributed by atoms with Crippen molar-refractivity contribution in [1.29, 1.82) is 0 Å². The lowest BCUT2D eigenvalue weighted by Crippen LogP contribution is -2.32. The fourth-order valence-corrected chi connectivity index (χ4v) is 3.27. The molecule has 1 heterocycles. The number of nitrogens with one attached hydrogen (secondary N) is 1. The van der Waals surface area contributed by atoms with E-state index in [0.717, 1.165) is 29.7 Å². The van der Waals surface area contributed by atoms with Crippen molar-refractivity contribution in [2.75, 3.05) is 6.54 Å². The molecule has 114 valence electrons. The number of carboxylic acid groups (broad SMARTS) is 1. The molecule has 2 aromatic rings. The number of aromatic hydroxyl groups is 1. The Bertz CT molecular complexity index is 838. The van der Waals surface area contributed by atoms with Gasteiger partial charge in [0.25, 0.3) is 5.91 Å². The quantitative estimate of drug-likeness (QED) is 0.795. The molecule has 0 aliphatic heterocycles. The second-order valence-electron chi connectivity index (χ2n) is 5.22. The van der Waals surface area contributed by atoms with Crippen molar-refractivity contribution in [2.45, 2.75) is 18.8 Å². The fourth-order valence-electron chi connectivity index (χ4n) is 2.31. The highest BCUT2D eigenvalue weighted by atomic mass is 32.1. The van der Waals surface area contributed by atoms with Gasteiger partial charge in [-0.05, 0) is 36.5 Å². The van der Waals surface area contributed by atoms with Crippen molar-refractivity contribution < 1.29 is 19.8 Å². The maximum Gasteiger partial charge on any atom is 0.322 e. The third kappa shape index (κ3) is 2.67. The van der Waals surface area contributed by atoms with Crippen molar-refractivity contribution in [2.24, 2.45) is 0 Å². The molecule has 6 nitrogen and oxygen atoms in total. The molecule has 0 atom stereocenters. The Hall–Kier alpha value is -2.41. The third-order valence-electron chi connectivity index (χ3n) is 3.57. The van der Waals surface area contributed by atoms with Gasteiger partial charge in [0.05, 0.1) is 0 Å². The highest BCUT2D eigenvalue weighted by Gasteiger charge is 2.25. The number of aliphatic carboxylic acids is 1. The number of fused-ring (bicyclic) bond motifs is 1.